The zero-order valence-corrected chi connectivity index (χ0v) is 13.0. The molecule has 0 bridgehead atoms. The molecule has 0 saturated heterocycles. The third-order valence-corrected chi connectivity index (χ3v) is 4.46. The summed E-state index contributed by atoms with van der Waals surface area (Å²) < 4.78 is 2.09. The van der Waals surface area contributed by atoms with Gasteiger partial charge in [0.1, 0.15) is 0 Å². The number of pyridine rings is 1. The number of para-hydroxylation sites is 1. The summed E-state index contributed by atoms with van der Waals surface area (Å²) in [4.78, 5) is 4.18. The molecule has 1 unspecified atom stereocenters. The van der Waals surface area contributed by atoms with E-state index in [4.69, 9.17) is 0 Å². The highest BCUT2D eigenvalue weighted by molar-refractivity contribution is 5.37. The molecule has 23 heavy (non-hydrogen) atoms. The van der Waals surface area contributed by atoms with Crippen molar-refractivity contribution in [2.45, 2.75) is 31.8 Å². The van der Waals surface area contributed by atoms with E-state index < -0.39 is 0 Å². The van der Waals surface area contributed by atoms with Crippen LogP contribution in [0.4, 0.5) is 0 Å². The molecule has 0 radical (unpaired) electrons. The van der Waals surface area contributed by atoms with Gasteiger partial charge in [-0.3, -0.25) is 4.98 Å². The summed E-state index contributed by atoms with van der Waals surface area (Å²) in [7, 11) is 0. The van der Waals surface area contributed by atoms with Gasteiger partial charge in [-0.1, -0.05) is 24.3 Å². The summed E-state index contributed by atoms with van der Waals surface area (Å²) in [6, 6.07) is 14.8. The van der Waals surface area contributed by atoms with Gasteiger partial charge in [0.05, 0.1) is 11.9 Å². The quantitative estimate of drug-likeness (QED) is 0.803. The van der Waals surface area contributed by atoms with Gasteiger partial charge in [0.2, 0.25) is 0 Å². The van der Waals surface area contributed by atoms with Crippen molar-refractivity contribution in [3.8, 4) is 5.69 Å². The van der Waals surface area contributed by atoms with Crippen LogP contribution in [0.15, 0.2) is 61.1 Å². The predicted octanol–water partition coefficient (Wildman–Crippen LogP) is 3.43. The molecule has 4 rings (SSSR count). The van der Waals surface area contributed by atoms with E-state index in [-0.39, 0.29) is 0 Å². The summed E-state index contributed by atoms with van der Waals surface area (Å²) in [6.07, 6.45) is 9.21. The smallest absolute Gasteiger partial charge is 0.0648 e. The number of hydrogen-bond donors (Lipinski definition) is 1. The highest BCUT2D eigenvalue weighted by atomic mass is 15.3. The molecule has 0 saturated carbocycles. The maximum atomic E-state index is 4.64. The van der Waals surface area contributed by atoms with E-state index in [0.717, 1.165) is 25.1 Å². The van der Waals surface area contributed by atoms with Crippen molar-refractivity contribution >= 4 is 0 Å². The largest absolute Gasteiger partial charge is 0.306 e. The number of aromatic nitrogens is 3. The molecule has 116 valence electrons. The van der Waals surface area contributed by atoms with Crippen molar-refractivity contribution in [2.24, 2.45) is 0 Å². The number of benzene rings is 1. The van der Waals surface area contributed by atoms with Crippen molar-refractivity contribution in [1.29, 1.82) is 0 Å². The summed E-state index contributed by atoms with van der Waals surface area (Å²) in [5.41, 5.74) is 5.03. The fourth-order valence-corrected chi connectivity index (χ4v) is 3.30. The predicted molar refractivity (Wildman–Crippen MR) is 90.3 cm³/mol. The first-order chi connectivity index (χ1) is 11.4. The Balaban J connectivity index is 1.56. The molecule has 2 heterocycles. The maximum Gasteiger partial charge on any atom is 0.0648 e. The van der Waals surface area contributed by atoms with Crippen LogP contribution in [0.2, 0.25) is 0 Å². The molecule has 0 aliphatic heterocycles. The van der Waals surface area contributed by atoms with E-state index in [1.807, 2.05) is 30.7 Å². The molecule has 3 aromatic rings. The molecule has 1 aromatic carbocycles. The molecule has 0 fully saturated rings. The van der Waals surface area contributed by atoms with Gasteiger partial charge in [0.15, 0.2) is 0 Å². The SMILES string of the molecule is c1ccc(-n2ncc3c2CCCC3NCc2cccnc2)cc1. The maximum absolute atomic E-state index is 4.64. The lowest BCUT2D eigenvalue weighted by molar-refractivity contribution is 0.454. The number of nitrogens with zero attached hydrogens (tertiary/aromatic N) is 3. The minimum absolute atomic E-state index is 0.372. The lowest BCUT2D eigenvalue weighted by Gasteiger charge is -2.24. The molecule has 4 nitrogen and oxygen atoms in total. The Kier molecular flexibility index (Phi) is 3.90. The summed E-state index contributed by atoms with van der Waals surface area (Å²) in [6.45, 7) is 0.842. The molecule has 1 N–H and O–H groups in total. The van der Waals surface area contributed by atoms with E-state index >= 15 is 0 Å². The first-order valence-electron chi connectivity index (χ1n) is 8.16. The molecule has 1 atom stereocenters. The minimum atomic E-state index is 0.372. The highest BCUT2D eigenvalue weighted by Crippen LogP contribution is 2.31. The average molecular weight is 304 g/mol. The van der Waals surface area contributed by atoms with Crippen LogP contribution in [0.3, 0.4) is 0 Å². The van der Waals surface area contributed by atoms with Crippen LogP contribution < -0.4 is 5.32 Å². The van der Waals surface area contributed by atoms with Crippen LogP contribution in [0.1, 0.15) is 35.7 Å². The lowest BCUT2D eigenvalue weighted by Crippen LogP contribution is -2.25. The topological polar surface area (TPSA) is 42.7 Å². The third-order valence-electron chi connectivity index (χ3n) is 4.46. The van der Waals surface area contributed by atoms with E-state index in [9.17, 15) is 0 Å². The molecule has 4 heteroatoms. The second-order valence-electron chi connectivity index (χ2n) is 5.98. The number of hydrogen-bond acceptors (Lipinski definition) is 3. The van der Waals surface area contributed by atoms with Gasteiger partial charge < -0.3 is 5.32 Å². The van der Waals surface area contributed by atoms with Crippen molar-refractivity contribution < 1.29 is 0 Å². The second kappa shape index (κ2) is 6.34. The normalized spacial score (nSPS) is 17.0. The highest BCUT2D eigenvalue weighted by Gasteiger charge is 2.24. The van der Waals surface area contributed by atoms with E-state index in [1.54, 1.807) is 0 Å². The van der Waals surface area contributed by atoms with Gasteiger partial charge in [-0.25, -0.2) is 4.68 Å². The summed E-state index contributed by atoms with van der Waals surface area (Å²) in [5, 5.41) is 8.30. The van der Waals surface area contributed by atoms with Crippen LogP contribution in [-0.4, -0.2) is 14.8 Å². The van der Waals surface area contributed by atoms with Crippen LogP contribution in [0, 0.1) is 0 Å². The van der Waals surface area contributed by atoms with Gasteiger partial charge in [-0.2, -0.15) is 5.10 Å². The van der Waals surface area contributed by atoms with Gasteiger partial charge in [0.25, 0.3) is 0 Å². The Morgan fingerprint density at radius 3 is 2.83 bits per heavy atom. The molecule has 0 spiro atoms. The number of fused-ring (bicyclic) bond motifs is 1. The molecular weight excluding hydrogens is 284 g/mol. The van der Waals surface area contributed by atoms with Gasteiger partial charge in [0, 0.05) is 36.2 Å². The fraction of sp³-hybridized carbons (Fsp3) is 0.263. The van der Waals surface area contributed by atoms with Crippen molar-refractivity contribution in [1.82, 2.24) is 20.1 Å². The van der Waals surface area contributed by atoms with Crippen molar-refractivity contribution in [3.63, 3.8) is 0 Å². The first-order valence-corrected chi connectivity index (χ1v) is 8.16. The number of rotatable bonds is 4. The van der Waals surface area contributed by atoms with Gasteiger partial charge >= 0.3 is 0 Å². The molecule has 2 aromatic heterocycles. The second-order valence-corrected chi connectivity index (χ2v) is 5.98. The Morgan fingerprint density at radius 1 is 1.09 bits per heavy atom. The zero-order valence-electron chi connectivity index (χ0n) is 13.0. The third kappa shape index (κ3) is 2.90. The van der Waals surface area contributed by atoms with Crippen LogP contribution in [0.25, 0.3) is 5.69 Å². The van der Waals surface area contributed by atoms with Gasteiger partial charge in [-0.15, -0.1) is 0 Å². The minimum Gasteiger partial charge on any atom is -0.306 e. The standard InChI is InChI=1S/C19H20N4/c1-2-7-16(8-3-1)23-19-10-4-9-18(17(19)14-22-23)21-13-15-6-5-11-20-12-15/h1-3,5-8,11-12,14,18,21H,4,9-10,13H2. The van der Waals surface area contributed by atoms with Crippen molar-refractivity contribution in [3.05, 3.63) is 77.9 Å². The van der Waals surface area contributed by atoms with E-state index in [1.165, 1.54) is 23.2 Å². The van der Waals surface area contributed by atoms with Crippen LogP contribution in [-0.2, 0) is 13.0 Å². The molecule has 0 amide bonds. The van der Waals surface area contributed by atoms with Crippen LogP contribution in [0.5, 0.6) is 0 Å². The Bertz CT molecular complexity index is 765. The Morgan fingerprint density at radius 2 is 2.00 bits per heavy atom. The van der Waals surface area contributed by atoms with Crippen LogP contribution >= 0.6 is 0 Å². The zero-order chi connectivity index (χ0) is 15.5. The lowest BCUT2D eigenvalue weighted by atomic mass is 9.92. The summed E-state index contributed by atoms with van der Waals surface area (Å²) >= 11 is 0. The fourth-order valence-electron chi connectivity index (χ4n) is 3.30. The monoisotopic (exact) mass is 304 g/mol. The average Bonchev–Trinajstić information content (AvgIpc) is 3.06. The van der Waals surface area contributed by atoms with Crippen molar-refractivity contribution in [2.75, 3.05) is 0 Å². The first kappa shape index (κ1) is 14.2. The molecule has 1 aliphatic rings. The molecular formula is C19H20N4. The summed E-state index contributed by atoms with van der Waals surface area (Å²) in [5.74, 6) is 0. The molecule has 1 aliphatic carbocycles. The Hall–Kier alpha value is -2.46. The van der Waals surface area contributed by atoms with Gasteiger partial charge in [-0.05, 0) is 43.0 Å². The number of nitrogens with one attached hydrogen (secondary N) is 1. The Labute approximate surface area is 136 Å². The van der Waals surface area contributed by atoms with E-state index in [0.29, 0.717) is 6.04 Å². The van der Waals surface area contributed by atoms with E-state index in [2.05, 4.69) is 50.4 Å².